The van der Waals surface area contributed by atoms with Crippen LogP contribution in [0.1, 0.15) is 24.2 Å². The van der Waals surface area contributed by atoms with Gasteiger partial charge in [-0.2, -0.15) is 0 Å². The zero-order valence-electron chi connectivity index (χ0n) is 11.0. The summed E-state index contributed by atoms with van der Waals surface area (Å²) >= 11 is 0. The first-order valence-corrected chi connectivity index (χ1v) is 6.06. The third-order valence-electron chi connectivity index (χ3n) is 3.25. The third kappa shape index (κ3) is 2.58. The van der Waals surface area contributed by atoms with Crippen molar-refractivity contribution in [1.29, 1.82) is 0 Å². The van der Waals surface area contributed by atoms with Gasteiger partial charge in [-0.25, -0.2) is 0 Å². The second kappa shape index (κ2) is 4.87. The predicted molar refractivity (Wildman–Crippen MR) is 69.4 cm³/mol. The molecule has 0 aromatic heterocycles. The van der Waals surface area contributed by atoms with Gasteiger partial charge in [0.05, 0.1) is 27.5 Å². The lowest BCUT2D eigenvalue weighted by Gasteiger charge is -2.06. The molecule has 0 spiro atoms. The molecule has 0 saturated carbocycles. The summed E-state index contributed by atoms with van der Waals surface area (Å²) in [7, 11) is 0. The van der Waals surface area contributed by atoms with E-state index in [4.69, 9.17) is 0 Å². The van der Waals surface area contributed by atoms with E-state index in [1.807, 2.05) is 13.8 Å². The van der Waals surface area contributed by atoms with Crippen LogP contribution in [-0.2, 0) is 0 Å². The van der Waals surface area contributed by atoms with E-state index in [2.05, 4.69) is 0 Å². The number of non-ortho nitro benzene ring substituents is 2. The van der Waals surface area contributed by atoms with Crippen LogP contribution >= 0.6 is 0 Å². The Morgan fingerprint density at radius 2 is 1.70 bits per heavy atom. The summed E-state index contributed by atoms with van der Waals surface area (Å²) in [4.78, 5) is 33.7. The van der Waals surface area contributed by atoms with Gasteiger partial charge in [-0.1, -0.05) is 13.8 Å². The number of carbonyl (C=O) groups is 1. The molecule has 1 aromatic rings. The van der Waals surface area contributed by atoms with Gasteiger partial charge < -0.3 is 4.90 Å². The first kappa shape index (κ1) is 13.9. The number of amides is 1. The largest absolute Gasteiger partial charge is 0.332 e. The van der Waals surface area contributed by atoms with Gasteiger partial charge in [-0.05, 0) is 5.92 Å². The second-order valence-corrected chi connectivity index (χ2v) is 5.02. The lowest BCUT2D eigenvalue weighted by molar-refractivity contribution is -0.394. The van der Waals surface area contributed by atoms with Crippen LogP contribution in [0.5, 0.6) is 0 Å². The Labute approximate surface area is 114 Å². The molecule has 1 aromatic carbocycles. The van der Waals surface area contributed by atoms with Gasteiger partial charge in [0.2, 0.25) is 0 Å². The van der Waals surface area contributed by atoms with Crippen molar-refractivity contribution in [2.75, 3.05) is 6.54 Å². The van der Waals surface area contributed by atoms with Gasteiger partial charge in [0.25, 0.3) is 17.3 Å². The summed E-state index contributed by atoms with van der Waals surface area (Å²) in [5.74, 6) is -0.122. The van der Waals surface area contributed by atoms with Crippen LogP contribution < -0.4 is 0 Å². The van der Waals surface area contributed by atoms with E-state index in [1.165, 1.54) is 0 Å². The maximum atomic E-state index is 12.2. The number of benzene rings is 1. The molecule has 1 amide bonds. The molecule has 106 valence electrons. The van der Waals surface area contributed by atoms with Crippen molar-refractivity contribution in [3.63, 3.8) is 0 Å². The molecule has 0 unspecified atom stereocenters. The number of nitro groups is 2. The smallest absolute Gasteiger partial charge is 0.277 e. The molecule has 0 radical (unpaired) electrons. The molecule has 1 aliphatic rings. The summed E-state index contributed by atoms with van der Waals surface area (Å²) in [6, 6.07) is 3.09. The lowest BCUT2D eigenvalue weighted by atomic mass is 10.1. The summed E-state index contributed by atoms with van der Waals surface area (Å²) in [6.45, 7) is 4.51. The monoisotopic (exact) mass is 279 g/mol. The molecule has 1 heterocycles. The Hall–Kier alpha value is -2.51. The lowest BCUT2D eigenvalue weighted by Crippen LogP contribution is -2.16. The highest BCUT2D eigenvalue weighted by Crippen LogP contribution is 2.30. The van der Waals surface area contributed by atoms with Crippen LogP contribution in [0.25, 0.3) is 0 Å². The van der Waals surface area contributed by atoms with Crippen LogP contribution in [0.3, 0.4) is 0 Å². The Bertz CT molecular complexity index is 567. The van der Waals surface area contributed by atoms with Gasteiger partial charge in [0.1, 0.15) is 0 Å². The molecule has 0 N–H and O–H groups in total. The fourth-order valence-corrected chi connectivity index (χ4v) is 2.05. The Morgan fingerprint density at radius 3 is 2.05 bits per heavy atom. The molecule has 20 heavy (non-hydrogen) atoms. The van der Waals surface area contributed by atoms with Crippen LogP contribution in [0.15, 0.2) is 18.2 Å². The molecule has 0 aliphatic carbocycles. The number of nitro benzene ring substituents is 2. The minimum atomic E-state index is -0.744. The van der Waals surface area contributed by atoms with E-state index in [0.717, 1.165) is 18.2 Å². The Morgan fingerprint density at radius 1 is 1.20 bits per heavy atom. The van der Waals surface area contributed by atoms with E-state index < -0.39 is 27.1 Å². The molecule has 8 nitrogen and oxygen atoms in total. The molecular formula is C12H13N3O5. The average Bonchev–Trinajstić information content (AvgIpc) is 3.17. The van der Waals surface area contributed by atoms with E-state index >= 15 is 0 Å². The van der Waals surface area contributed by atoms with Crippen molar-refractivity contribution >= 4 is 17.3 Å². The first-order chi connectivity index (χ1) is 9.31. The zero-order valence-corrected chi connectivity index (χ0v) is 11.0. The van der Waals surface area contributed by atoms with Gasteiger partial charge in [-0.15, -0.1) is 0 Å². The first-order valence-electron chi connectivity index (χ1n) is 6.06. The highest BCUT2D eigenvalue weighted by Gasteiger charge is 2.41. The van der Waals surface area contributed by atoms with Gasteiger partial charge >= 0.3 is 0 Å². The fourth-order valence-electron chi connectivity index (χ4n) is 2.05. The zero-order chi connectivity index (χ0) is 15.0. The van der Waals surface area contributed by atoms with E-state index in [0.29, 0.717) is 6.54 Å². The van der Waals surface area contributed by atoms with Crippen molar-refractivity contribution in [2.45, 2.75) is 19.9 Å². The maximum absolute atomic E-state index is 12.2. The predicted octanol–water partition coefficient (Wildman–Crippen LogP) is 1.98. The standard InChI is InChI=1S/C12H13N3O5/c1-7(2)11-6-13(11)12(16)8-3-9(14(17)18)5-10(4-8)15(19)20/h3-5,7,11H,6H2,1-2H3/t11-,13?/m1/s1. The highest BCUT2D eigenvalue weighted by molar-refractivity contribution is 5.97. The molecule has 0 bridgehead atoms. The third-order valence-corrected chi connectivity index (χ3v) is 3.25. The van der Waals surface area contributed by atoms with Gasteiger partial charge in [0, 0.05) is 18.7 Å². The average molecular weight is 279 g/mol. The van der Waals surface area contributed by atoms with Crippen molar-refractivity contribution in [1.82, 2.24) is 4.90 Å². The number of hydrogen-bond donors (Lipinski definition) is 0. The molecule has 1 fully saturated rings. The molecule has 1 saturated heterocycles. The number of nitrogens with zero attached hydrogens (tertiary/aromatic N) is 3. The summed E-state index contributed by atoms with van der Waals surface area (Å²) in [5.41, 5.74) is -0.926. The van der Waals surface area contributed by atoms with Crippen LogP contribution in [0.2, 0.25) is 0 Å². The summed E-state index contributed by atoms with van der Waals surface area (Å²) in [5, 5.41) is 21.5. The Balaban J connectivity index is 2.34. The SMILES string of the molecule is CC(C)[C@H]1CN1C(=O)c1cc([N+](=O)[O-])cc([N+](=O)[O-])c1. The van der Waals surface area contributed by atoms with Crippen molar-refractivity contribution in [3.8, 4) is 0 Å². The molecular weight excluding hydrogens is 266 g/mol. The topological polar surface area (TPSA) is 106 Å². The minimum absolute atomic E-state index is 0.0194. The van der Waals surface area contributed by atoms with E-state index in [1.54, 1.807) is 4.90 Å². The van der Waals surface area contributed by atoms with Crippen molar-refractivity contribution in [2.24, 2.45) is 5.92 Å². The number of carbonyl (C=O) groups excluding carboxylic acids is 1. The highest BCUT2D eigenvalue weighted by atomic mass is 16.6. The minimum Gasteiger partial charge on any atom is -0.332 e. The number of hydrogen-bond acceptors (Lipinski definition) is 5. The maximum Gasteiger partial charge on any atom is 0.277 e. The molecule has 1 atom stereocenters. The van der Waals surface area contributed by atoms with E-state index in [-0.39, 0.29) is 17.5 Å². The number of rotatable bonds is 4. The van der Waals surface area contributed by atoms with Crippen molar-refractivity contribution in [3.05, 3.63) is 44.0 Å². The van der Waals surface area contributed by atoms with Crippen molar-refractivity contribution < 1.29 is 14.6 Å². The van der Waals surface area contributed by atoms with Crippen LogP contribution in [0, 0.1) is 26.1 Å². The summed E-state index contributed by atoms with van der Waals surface area (Å²) < 4.78 is 0. The van der Waals surface area contributed by atoms with Gasteiger partial charge in [0.15, 0.2) is 0 Å². The normalized spacial score (nSPS) is 17.1. The van der Waals surface area contributed by atoms with Crippen LogP contribution in [0.4, 0.5) is 11.4 Å². The quantitative estimate of drug-likeness (QED) is 0.476. The van der Waals surface area contributed by atoms with Crippen LogP contribution in [-0.4, -0.2) is 33.2 Å². The fraction of sp³-hybridized carbons (Fsp3) is 0.417. The molecule has 2 rings (SSSR count). The summed E-state index contributed by atoms with van der Waals surface area (Å²) in [6.07, 6.45) is 0. The van der Waals surface area contributed by atoms with Gasteiger partial charge in [-0.3, -0.25) is 25.0 Å². The molecule has 1 aliphatic heterocycles. The van der Waals surface area contributed by atoms with E-state index in [9.17, 15) is 25.0 Å². The second-order valence-electron chi connectivity index (χ2n) is 5.02. The Kier molecular flexibility index (Phi) is 3.39. The molecule has 8 heteroatoms.